The van der Waals surface area contributed by atoms with Gasteiger partial charge < -0.3 is 30.0 Å². The van der Waals surface area contributed by atoms with Gasteiger partial charge in [0.15, 0.2) is 0 Å². The van der Waals surface area contributed by atoms with Gasteiger partial charge >= 0.3 is 11.9 Å². The van der Waals surface area contributed by atoms with E-state index >= 15 is 0 Å². The highest BCUT2D eigenvalue weighted by atomic mass is 16.5. The number of hydrogen-bond acceptors (Lipinski definition) is 8. The number of esters is 1. The third-order valence-corrected chi connectivity index (χ3v) is 7.55. The number of nitrogens with one attached hydrogen (secondary N) is 2. The third kappa shape index (κ3) is 7.16. The first-order chi connectivity index (χ1) is 21.1. The molecule has 1 heterocycles. The van der Waals surface area contributed by atoms with Crippen molar-refractivity contribution in [1.29, 1.82) is 0 Å². The lowest BCUT2D eigenvalue weighted by molar-refractivity contribution is -0.146. The maximum absolute atomic E-state index is 13.5. The van der Waals surface area contributed by atoms with Crippen molar-refractivity contribution in [3.63, 3.8) is 0 Å². The Morgan fingerprint density at radius 3 is 2.36 bits per heavy atom. The Labute approximate surface area is 255 Å². The van der Waals surface area contributed by atoms with Crippen molar-refractivity contribution in [1.82, 2.24) is 15.6 Å². The van der Waals surface area contributed by atoms with Crippen molar-refractivity contribution in [2.45, 2.75) is 51.8 Å². The molecular weight excluding hydrogens is 566 g/mol. The average molecular weight is 604 g/mol. The molecular formula is C33H37N3O8. The van der Waals surface area contributed by atoms with Gasteiger partial charge in [0.2, 0.25) is 11.8 Å². The predicted octanol–water partition coefficient (Wildman–Crippen LogP) is 3.90. The molecule has 1 aliphatic carbocycles. The number of carbonyl (C=O) groups is 4. The van der Waals surface area contributed by atoms with Crippen LogP contribution in [0.1, 0.15) is 33.6 Å². The Hall–Kier alpha value is -4.93. The largest absolute Gasteiger partial charge is 0.497 e. The summed E-state index contributed by atoms with van der Waals surface area (Å²) in [6.45, 7) is 5.15. The Morgan fingerprint density at radius 1 is 1.02 bits per heavy atom. The molecule has 4 atom stereocenters. The molecule has 0 aliphatic heterocycles. The Kier molecular flexibility index (Phi) is 10.2. The molecule has 0 fully saturated rings. The maximum atomic E-state index is 13.5. The van der Waals surface area contributed by atoms with Crippen LogP contribution in [-0.2, 0) is 23.9 Å². The van der Waals surface area contributed by atoms with E-state index in [1.54, 1.807) is 52.2 Å². The quantitative estimate of drug-likeness (QED) is 0.262. The van der Waals surface area contributed by atoms with Crippen LogP contribution in [0, 0.1) is 11.8 Å². The van der Waals surface area contributed by atoms with Gasteiger partial charge in [0, 0.05) is 35.1 Å². The van der Waals surface area contributed by atoms with E-state index in [-0.39, 0.29) is 24.3 Å². The number of pyridine rings is 1. The summed E-state index contributed by atoms with van der Waals surface area (Å²) in [7, 11) is 2.80. The number of rotatable bonds is 12. The van der Waals surface area contributed by atoms with Crippen molar-refractivity contribution in [2.24, 2.45) is 11.8 Å². The number of ether oxygens (including phenoxy) is 3. The zero-order valence-electron chi connectivity index (χ0n) is 25.3. The molecule has 4 rings (SSSR count). The average Bonchev–Trinajstić information content (AvgIpc) is 3.45. The van der Waals surface area contributed by atoms with Crippen molar-refractivity contribution in [3.8, 4) is 22.8 Å². The van der Waals surface area contributed by atoms with Crippen LogP contribution in [0.5, 0.6) is 11.5 Å². The van der Waals surface area contributed by atoms with Crippen LogP contribution < -0.4 is 20.1 Å². The molecule has 1 aromatic heterocycles. The zero-order valence-corrected chi connectivity index (χ0v) is 25.3. The van der Waals surface area contributed by atoms with Crippen LogP contribution in [0.25, 0.3) is 22.2 Å². The molecule has 1 aliphatic rings. The topological polar surface area (TPSA) is 153 Å². The molecule has 3 N–H and O–H groups in total. The first-order valence-corrected chi connectivity index (χ1v) is 14.4. The first-order valence-electron chi connectivity index (χ1n) is 14.4. The van der Waals surface area contributed by atoms with Crippen molar-refractivity contribution in [3.05, 3.63) is 66.2 Å². The number of aromatic nitrogens is 1. The van der Waals surface area contributed by atoms with Crippen molar-refractivity contribution < 1.29 is 38.5 Å². The van der Waals surface area contributed by atoms with Gasteiger partial charge in [-0.25, -0.2) is 14.6 Å². The normalized spacial score (nSPS) is 17.4. The molecule has 44 heavy (non-hydrogen) atoms. The van der Waals surface area contributed by atoms with Crippen LogP contribution in [0.2, 0.25) is 0 Å². The van der Waals surface area contributed by atoms with E-state index < -0.39 is 47.9 Å². The number of aliphatic carboxylic acids is 1. The smallest absolute Gasteiger partial charge is 0.328 e. The molecule has 3 aromatic rings. The highest BCUT2D eigenvalue weighted by Gasteiger charge is 2.39. The first kappa shape index (κ1) is 32.0. The fourth-order valence-electron chi connectivity index (χ4n) is 5.09. The lowest BCUT2D eigenvalue weighted by atomic mass is 9.97. The van der Waals surface area contributed by atoms with Gasteiger partial charge in [-0.3, -0.25) is 9.59 Å². The number of benzene rings is 2. The second-order valence-corrected chi connectivity index (χ2v) is 10.8. The van der Waals surface area contributed by atoms with Gasteiger partial charge in [-0.1, -0.05) is 51.1 Å². The summed E-state index contributed by atoms with van der Waals surface area (Å²) < 4.78 is 16.7. The summed E-state index contributed by atoms with van der Waals surface area (Å²) >= 11 is 0. The molecule has 0 radical (unpaired) electrons. The van der Waals surface area contributed by atoms with E-state index in [9.17, 15) is 24.3 Å². The summed E-state index contributed by atoms with van der Waals surface area (Å²) in [6, 6.07) is 14.7. The summed E-state index contributed by atoms with van der Waals surface area (Å²) in [5.41, 5.74) is 2.22. The van der Waals surface area contributed by atoms with E-state index in [1.807, 2.05) is 36.4 Å². The number of fused-ring (bicyclic) bond motifs is 1. The molecule has 11 nitrogen and oxygen atoms in total. The number of methoxy groups -OCH3 is 2. The van der Waals surface area contributed by atoms with E-state index in [4.69, 9.17) is 19.2 Å². The summed E-state index contributed by atoms with van der Waals surface area (Å²) in [4.78, 5) is 55.8. The van der Waals surface area contributed by atoms with Crippen LogP contribution in [0.4, 0.5) is 0 Å². The second-order valence-electron chi connectivity index (χ2n) is 10.8. The molecule has 0 spiro atoms. The van der Waals surface area contributed by atoms with E-state index in [2.05, 4.69) is 10.6 Å². The van der Waals surface area contributed by atoms with Gasteiger partial charge in [-0.15, -0.1) is 0 Å². The van der Waals surface area contributed by atoms with E-state index in [1.165, 1.54) is 7.11 Å². The van der Waals surface area contributed by atoms with Gasteiger partial charge in [0.25, 0.3) is 0 Å². The van der Waals surface area contributed by atoms with Gasteiger partial charge in [-0.05, 0) is 30.5 Å². The SMILES string of the molecule is CC[C@H](NC(=O)C1CC(Oc2cc(-c3ccccc3)nc3cc(OC)ccc23)C=C1C(=O)NC(C(=O)OC)C(C)C)C(=O)O. The Balaban J connectivity index is 1.72. The number of nitrogens with zero attached hydrogens (tertiary/aromatic N) is 1. The Bertz CT molecular complexity index is 1570. The minimum absolute atomic E-state index is 0.0653. The van der Waals surface area contributed by atoms with Gasteiger partial charge in [-0.2, -0.15) is 0 Å². The van der Waals surface area contributed by atoms with Crippen molar-refractivity contribution in [2.75, 3.05) is 14.2 Å². The standard InChI is InChI=1S/C33H37N3O8/c1-6-25(32(39)40)35-30(37)23-14-21(15-24(23)31(38)36-29(18(2)3)33(41)43-5)44-28-17-26(19-10-8-7-9-11-19)34-27-16-20(42-4)12-13-22(27)28/h7-13,15-18,21,23,25,29H,6,14H2,1-5H3,(H,35,37)(H,36,38)(H,39,40)/t21?,23?,25-,29?/m0/s1. The van der Waals surface area contributed by atoms with Gasteiger partial charge in [0.05, 0.1) is 31.3 Å². The fraction of sp³-hybridized carbons (Fsp3) is 0.364. The molecule has 2 amide bonds. The van der Waals surface area contributed by atoms with Crippen molar-refractivity contribution >= 4 is 34.7 Å². The molecule has 11 heteroatoms. The fourth-order valence-corrected chi connectivity index (χ4v) is 5.09. The summed E-state index contributed by atoms with van der Waals surface area (Å²) in [6.07, 6.45) is 1.04. The van der Waals surface area contributed by atoms with Crippen LogP contribution in [0.3, 0.4) is 0 Å². The minimum atomic E-state index is -1.18. The molecule has 0 saturated carbocycles. The highest BCUT2D eigenvalue weighted by Crippen LogP contribution is 2.36. The van der Waals surface area contributed by atoms with Crippen LogP contribution >= 0.6 is 0 Å². The number of carboxylic acids is 1. The lowest BCUT2D eigenvalue weighted by Crippen LogP contribution is -2.48. The number of carbonyl (C=O) groups excluding carboxylic acids is 3. The third-order valence-electron chi connectivity index (χ3n) is 7.55. The molecule has 0 bridgehead atoms. The van der Waals surface area contributed by atoms with Crippen LogP contribution in [0.15, 0.2) is 66.2 Å². The lowest BCUT2D eigenvalue weighted by Gasteiger charge is -2.22. The Morgan fingerprint density at radius 2 is 1.75 bits per heavy atom. The molecule has 2 aromatic carbocycles. The molecule has 0 saturated heterocycles. The monoisotopic (exact) mass is 603 g/mol. The maximum Gasteiger partial charge on any atom is 0.328 e. The second kappa shape index (κ2) is 14.0. The highest BCUT2D eigenvalue weighted by molar-refractivity contribution is 6.03. The van der Waals surface area contributed by atoms with E-state index in [0.29, 0.717) is 28.1 Å². The minimum Gasteiger partial charge on any atom is -0.497 e. The molecule has 3 unspecified atom stereocenters. The number of amides is 2. The number of hydrogen-bond donors (Lipinski definition) is 3. The zero-order chi connectivity index (χ0) is 32.0. The predicted molar refractivity (Wildman–Crippen MR) is 163 cm³/mol. The summed E-state index contributed by atoms with van der Waals surface area (Å²) in [5.74, 6) is -3.29. The summed E-state index contributed by atoms with van der Waals surface area (Å²) in [5, 5.41) is 15.4. The van der Waals surface area contributed by atoms with Gasteiger partial charge in [0.1, 0.15) is 29.7 Å². The van der Waals surface area contributed by atoms with E-state index in [0.717, 1.165) is 5.56 Å². The molecule has 232 valence electrons. The number of carboxylic acid groups (broad SMARTS) is 1. The van der Waals surface area contributed by atoms with Crippen LogP contribution in [-0.4, -0.2) is 66.3 Å².